The van der Waals surface area contributed by atoms with Crippen LogP contribution in [0.25, 0.3) is 10.9 Å². The van der Waals surface area contributed by atoms with E-state index >= 15 is 0 Å². The first-order valence-corrected chi connectivity index (χ1v) is 10.4. The van der Waals surface area contributed by atoms with E-state index in [9.17, 15) is 14.0 Å². The van der Waals surface area contributed by atoms with Crippen molar-refractivity contribution >= 4 is 44.4 Å². The number of ketones is 1. The number of hydrogen-bond donors (Lipinski definition) is 1. The molecule has 31 heavy (non-hydrogen) atoms. The number of benzene rings is 2. The molecule has 2 heterocycles. The molecule has 3 aromatic rings. The number of piperazine rings is 1. The molecule has 0 aliphatic carbocycles. The van der Waals surface area contributed by atoms with Crippen LogP contribution in [0.1, 0.15) is 15.9 Å². The van der Waals surface area contributed by atoms with Crippen LogP contribution in [0.3, 0.4) is 0 Å². The number of amides is 1. The minimum atomic E-state index is -0.759. The van der Waals surface area contributed by atoms with Crippen LogP contribution in [0.2, 0.25) is 0 Å². The van der Waals surface area contributed by atoms with Gasteiger partial charge in [-0.1, -0.05) is 30.3 Å². The molecular weight excluding hydrogens is 465 g/mol. The number of carbonyl (C=O) groups is 2. The molecule has 1 saturated heterocycles. The number of Topliss-reactive ketones (excluding diaryl/α,β-unsaturated/α-hetero) is 1. The van der Waals surface area contributed by atoms with Gasteiger partial charge in [0.05, 0.1) is 11.1 Å². The lowest BCUT2D eigenvalue weighted by Crippen LogP contribution is -2.52. The summed E-state index contributed by atoms with van der Waals surface area (Å²) in [5.41, 5.74) is 1.25. The molecule has 1 aliphatic rings. The largest absolute Gasteiger partial charge is 0.359 e. The molecule has 9 heteroatoms. The molecule has 2 aromatic carbocycles. The summed E-state index contributed by atoms with van der Waals surface area (Å²) < 4.78 is 14.9. The highest BCUT2D eigenvalue weighted by Crippen LogP contribution is 2.29. The summed E-state index contributed by atoms with van der Waals surface area (Å²) in [4.78, 5) is 35.8. The van der Waals surface area contributed by atoms with Crippen LogP contribution < -0.4 is 0 Å². The smallest absolute Gasteiger partial charge is 0.295 e. The summed E-state index contributed by atoms with van der Waals surface area (Å²) in [6.45, 7) is 1.41. The van der Waals surface area contributed by atoms with Crippen LogP contribution in [0.5, 0.6) is 0 Å². The molecule has 1 aliphatic heterocycles. The van der Waals surface area contributed by atoms with Crippen molar-refractivity contribution in [2.45, 2.75) is 0 Å². The monoisotopic (exact) mass is 481 g/mol. The minimum Gasteiger partial charge on any atom is -0.359 e. The molecular formula is C22H17BrFN5O2. The number of rotatable bonds is 3. The Kier molecular flexibility index (Phi) is 5.82. The first kappa shape index (κ1) is 20.8. The van der Waals surface area contributed by atoms with Crippen molar-refractivity contribution in [2.75, 3.05) is 26.2 Å². The van der Waals surface area contributed by atoms with Gasteiger partial charge in [0, 0.05) is 47.8 Å². The van der Waals surface area contributed by atoms with Gasteiger partial charge in [-0.2, -0.15) is 10.3 Å². The number of carbonyl (C=O) groups excluding carboxylic acids is 2. The van der Waals surface area contributed by atoms with Gasteiger partial charge in [0.1, 0.15) is 11.7 Å². The molecule has 0 spiro atoms. The van der Waals surface area contributed by atoms with Crippen molar-refractivity contribution in [1.82, 2.24) is 14.8 Å². The van der Waals surface area contributed by atoms with Gasteiger partial charge in [-0.15, -0.1) is 0 Å². The number of aliphatic imine (C=N–C) groups is 1. The maximum absolute atomic E-state index is 14.3. The first-order valence-electron chi connectivity index (χ1n) is 9.57. The van der Waals surface area contributed by atoms with E-state index in [1.165, 1.54) is 23.2 Å². The number of nitriles is 1. The highest BCUT2D eigenvalue weighted by molar-refractivity contribution is 9.10. The van der Waals surface area contributed by atoms with Crippen LogP contribution in [0.4, 0.5) is 4.39 Å². The molecule has 1 aromatic heterocycles. The van der Waals surface area contributed by atoms with Gasteiger partial charge in [-0.3, -0.25) is 9.59 Å². The molecule has 0 radical (unpaired) electrons. The molecule has 0 saturated carbocycles. The number of amidine groups is 1. The number of halogens is 2. The molecule has 1 N–H and O–H groups in total. The van der Waals surface area contributed by atoms with E-state index in [1.54, 1.807) is 0 Å². The number of aromatic nitrogens is 1. The Bertz CT molecular complexity index is 1220. The van der Waals surface area contributed by atoms with Crippen LogP contribution in [0, 0.1) is 17.3 Å². The lowest BCUT2D eigenvalue weighted by molar-refractivity contribution is -0.127. The van der Waals surface area contributed by atoms with E-state index in [2.05, 4.69) is 25.9 Å². The molecule has 1 fully saturated rings. The molecule has 7 nitrogen and oxygen atoms in total. The first-order chi connectivity index (χ1) is 15.0. The van der Waals surface area contributed by atoms with Crippen LogP contribution >= 0.6 is 15.9 Å². The van der Waals surface area contributed by atoms with Crippen molar-refractivity contribution in [3.63, 3.8) is 0 Å². The van der Waals surface area contributed by atoms with Gasteiger partial charge in [-0.05, 0) is 28.1 Å². The molecule has 0 atom stereocenters. The topological polar surface area (TPSA) is 92.6 Å². The zero-order valence-corrected chi connectivity index (χ0v) is 17.9. The lowest BCUT2D eigenvalue weighted by atomic mass is 10.1. The van der Waals surface area contributed by atoms with E-state index < -0.39 is 17.5 Å². The summed E-state index contributed by atoms with van der Waals surface area (Å²) in [7, 11) is 0. The molecule has 1 amide bonds. The Labute approximate surface area is 185 Å². The third-order valence-corrected chi connectivity index (χ3v) is 5.89. The van der Waals surface area contributed by atoms with Gasteiger partial charge < -0.3 is 14.8 Å². The standard InChI is InChI=1S/C22H17BrFN5O2/c23-16-6-7-17(24)18-15(12-26-19(16)18)20(30)22(31)29-10-8-28(9-11-29)21(27-13-25)14-4-2-1-3-5-14/h1-7,12,26H,8-11H2/b27-21+. The Morgan fingerprint density at radius 1 is 1.06 bits per heavy atom. The number of H-pyrrole nitrogens is 1. The van der Waals surface area contributed by atoms with Crippen LogP contribution in [0.15, 0.2) is 58.1 Å². The predicted molar refractivity (Wildman–Crippen MR) is 117 cm³/mol. The van der Waals surface area contributed by atoms with Crippen molar-refractivity contribution in [1.29, 1.82) is 5.26 Å². The van der Waals surface area contributed by atoms with Crippen LogP contribution in [-0.2, 0) is 4.79 Å². The van der Waals surface area contributed by atoms with Crippen molar-refractivity contribution in [2.24, 2.45) is 4.99 Å². The maximum Gasteiger partial charge on any atom is 0.295 e. The second kappa shape index (κ2) is 8.70. The van der Waals surface area contributed by atoms with Crippen molar-refractivity contribution in [3.8, 4) is 6.19 Å². The van der Waals surface area contributed by atoms with E-state index in [0.29, 0.717) is 28.9 Å². The highest BCUT2D eigenvalue weighted by atomic mass is 79.9. The van der Waals surface area contributed by atoms with Gasteiger partial charge >= 0.3 is 0 Å². The zero-order valence-electron chi connectivity index (χ0n) is 16.3. The third kappa shape index (κ3) is 3.94. The second-order valence-electron chi connectivity index (χ2n) is 6.99. The predicted octanol–water partition coefficient (Wildman–Crippen LogP) is 3.32. The van der Waals surface area contributed by atoms with Crippen molar-refractivity contribution < 1.29 is 14.0 Å². The van der Waals surface area contributed by atoms with Gasteiger partial charge in [0.25, 0.3) is 11.7 Å². The normalized spacial score (nSPS) is 14.5. The van der Waals surface area contributed by atoms with Gasteiger partial charge in [-0.25, -0.2) is 4.39 Å². The summed E-state index contributed by atoms with van der Waals surface area (Å²) in [6, 6.07) is 12.1. The SMILES string of the molecule is N#C/N=C(\c1ccccc1)N1CCN(C(=O)C(=O)c2c[nH]c3c(Br)ccc(F)c23)CC1. The summed E-state index contributed by atoms with van der Waals surface area (Å²) in [6.07, 6.45) is 3.19. The summed E-state index contributed by atoms with van der Waals surface area (Å²) in [5.74, 6) is -1.48. The Hall–Kier alpha value is -3.51. The Morgan fingerprint density at radius 2 is 1.74 bits per heavy atom. The number of nitrogens with zero attached hydrogens (tertiary/aromatic N) is 4. The number of fused-ring (bicyclic) bond motifs is 1. The fourth-order valence-corrected chi connectivity index (χ4v) is 4.13. The van der Waals surface area contributed by atoms with E-state index in [0.717, 1.165) is 5.56 Å². The van der Waals surface area contributed by atoms with E-state index in [4.69, 9.17) is 5.26 Å². The van der Waals surface area contributed by atoms with Crippen LogP contribution in [-0.4, -0.2) is 58.5 Å². The lowest BCUT2D eigenvalue weighted by Gasteiger charge is -2.35. The average molecular weight is 482 g/mol. The fraction of sp³-hybridized carbons (Fsp3) is 0.182. The van der Waals surface area contributed by atoms with Gasteiger partial charge in [0.2, 0.25) is 6.19 Å². The summed E-state index contributed by atoms with van der Waals surface area (Å²) in [5, 5.41) is 9.16. The molecule has 0 unspecified atom stereocenters. The quantitative estimate of drug-likeness (QED) is 0.204. The minimum absolute atomic E-state index is 0.0113. The second-order valence-corrected chi connectivity index (χ2v) is 7.85. The average Bonchev–Trinajstić information content (AvgIpc) is 3.26. The fourth-order valence-electron chi connectivity index (χ4n) is 3.68. The van der Waals surface area contributed by atoms with E-state index in [1.807, 2.05) is 41.4 Å². The van der Waals surface area contributed by atoms with Crippen molar-refractivity contribution in [3.05, 3.63) is 70.1 Å². The number of nitrogens with one attached hydrogen (secondary N) is 1. The number of aromatic amines is 1. The molecule has 156 valence electrons. The number of hydrogen-bond acceptors (Lipinski definition) is 4. The Balaban J connectivity index is 1.50. The molecule has 0 bridgehead atoms. The maximum atomic E-state index is 14.3. The van der Waals surface area contributed by atoms with Gasteiger partial charge in [0.15, 0.2) is 0 Å². The highest BCUT2D eigenvalue weighted by Gasteiger charge is 2.30. The van der Waals surface area contributed by atoms with E-state index in [-0.39, 0.29) is 24.0 Å². The Morgan fingerprint density at radius 3 is 2.42 bits per heavy atom. The molecule has 4 rings (SSSR count). The summed E-state index contributed by atoms with van der Waals surface area (Å²) >= 11 is 3.31. The third-order valence-electron chi connectivity index (χ3n) is 5.23. The zero-order chi connectivity index (χ0) is 22.0.